The summed E-state index contributed by atoms with van der Waals surface area (Å²) in [6.45, 7) is 7.18. The lowest BCUT2D eigenvalue weighted by molar-refractivity contribution is 0.0768. The van der Waals surface area contributed by atoms with E-state index in [9.17, 15) is 13.2 Å². The Morgan fingerprint density at radius 1 is 1.45 bits per heavy atom. The van der Waals surface area contributed by atoms with E-state index in [1.807, 2.05) is 20.8 Å². The Hall–Kier alpha value is -1.01. The largest absolute Gasteiger partial charge is 0.342 e. The second-order valence-corrected chi connectivity index (χ2v) is 7.84. The van der Waals surface area contributed by atoms with Crippen molar-refractivity contribution in [3.05, 3.63) is 18.0 Å². The van der Waals surface area contributed by atoms with Crippen LogP contribution in [0.3, 0.4) is 0 Å². The van der Waals surface area contributed by atoms with Crippen molar-refractivity contribution in [1.29, 1.82) is 0 Å². The fraction of sp³-hybridized carbons (Fsp3) is 0.615. The third-order valence-electron chi connectivity index (χ3n) is 2.82. The van der Waals surface area contributed by atoms with Crippen LogP contribution in [0.25, 0.3) is 0 Å². The number of amides is 1. The minimum absolute atomic E-state index is 0.0334. The summed E-state index contributed by atoms with van der Waals surface area (Å²) in [7, 11) is 3.23. The van der Waals surface area contributed by atoms with E-state index in [4.69, 9.17) is 10.7 Å². The van der Waals surface area contributed by atoms with Gasteiger partial charge in [0.25, 0.3) is 15.0 Å². The Labute approximate surface area is 124 Å². The summed E-state index contributed by atoms with van der Waals surface area (Å²) in [5.41, 5.74) is 0.356. The molecule has 5 nitrogen and oxygen atoms in total. The van der Waals surface area contributed by atoms with Crippen LogP contribution in [-0.4, -0.2) is 37.4 Å². The number of aromatic nitrogens is 1. The molecule has 7 heteroatoms. The van der Waals surface area contributed by atoms with E-state index < -0.39 is 9.05 Å². The van der Waals surface area contributed by atoms with E-state index in [0.717, 1.165) is 6.42 Å². The first-order valence-electron chi connectivity index (χ1n) is 6.57. The maximum Gasteiger partial charge on any atom is 0.270 e. The molecule has 1 aromatic rings. The predicted molar refractivity (Wildman–Crippen MR) is 79.6 cm³/mol. The number of hydrogen-bond acceptors (Lipinski definition) is 3. The van der Waals surface area contributed by atoms with E-state index in [1.165, 1.54) is 12.3 Å². The van der Waals surface area contributed by atoms with Gasteiger partial charge in [0.05, 0.1) is 0 Å². The van der Waals surface area contributed by atoms with Crippen molar-refractivity contribution in [1.82, 2.24) is 9.47 Å². The lowest BCUT2D eigenvalue weighted by Crippen LogP contribution is -2.31. The maximum atomic E-state index is 12.4. The van der Waals surface area contributed by atoms with Gasteiger partial charge in [0.1, 0.15) is 10.6 Å². The van der Waals surface area contributed by atoms with Gasteiger partial charge in [-0.05, 0) is 18.4 Å². The molecule has 0 aromatic carbocycles. The van der Waals surface area contributed by atoms with Gasteiger partial charge in [0.15, 0.2) is 0 Å². The van der Waals surface area contributed by atoms with Crippen LogP contribution in [0.15, 0.2) is 17.2 Å². The Kier molecular flexibility index (Phi) is 5.65. The highest BCUT2D eigenvalue weighted by molar-refractivity contribution is 8.13. The maximum absolute atomic E-state index is 12.4. The van der Waals surface area contributed by atoms with E-state index >= 15 is 0 Å². The first-order chi connectivity index (χ1) is 9.16. The van der Waals surface area contributed by atoms with E-state index in [-0.39, 0.29) is 10.8 Å². The molecule has 0 aliphatic carbocycles. The van der Waals surface area contributed by atoms with Crippen molar-refractivity contribution in [2.24, 2.45) is 5.92 Å². The molecule has 0 radical (unpaired) electrons. The quantitative estimate of drug-likeness (QED) is 0.757. The molecule has 1 rings (SSSR count). The highest BCUT2D eigenvalue weighted by Gasteiger charge is 2.22. The predicted octanol–water partition coefficient (Wildman–Crippen LogP) is 2.55. The van der Waals surface area contributed by atoms with Crippen molar-refractivity contribution >= 4 is 25.6 Å². The van der Waals surface area contributed by atoms with Crippen molar-refractivity contribution in [2.45, 2.75) is 38.6 Å². The number of nitrogens with zero attached hydrogens (tertiary/aromatic N) is 2. The van der Waals surface area contributed by atoms with Crippen LogP contribution in [0.4, 0.5) is 0 Å². The average molecular weight is 321 g/mol. The number of carbonyl (C=O) groups excluding carboxylic acids is 1. The molecule has 0 saturated carbocycles. The molecule has 0 N–H and O–H groups in total. The summed E-state index contributed by atoms with van der Waals surface area (Å²) < 4.78 is 24.4. The number of hydrogen-bond donors (Lipinski definition) is 0. The van der Waals surface area contributed by atoms with Crippen LogP contribution in [0.1, 0.15) is 37.7 Å². The Morgan fingerprint density at radius 3 is 2.50 bits per heavy atom. The fourth-order valence-corrected chi connectivity index (χ4v) is 2.81. The Bertz CT molecular complexity index is 578. The van der Waals surface area contributed by atoms with Crippen LogP contribution in [-0.2, 0) is 15.6 Å². The van der Waals surface area contributed by atoms with E-state index in [1.54, 1.807) is 16.5 Å². The van der Waals surface area contributed by atoms with Gasteiger partial charge in [0.2, 0.25) is 0 Å². The zero-order chi connectivity index (χ0) is 15.5. The average Bonchev–Trinajstić information content (AvgIpc) is 2.71. The molecule has 1 amide bonds. The summed E-state index contributed by atoms with van der Waals surface area (Å²) >= 11 is 0. The van der Waals surface area contributed by atoms with Gasteiger partial charge >= 0.3 is 0 Å². The van der Waals surface area contributed by atoms with Crippen LogP contribution in [0, 0.1) is 5.92 Å². The molecule has 0 bridgehead atoms. The second-order valence-electron chi connectivity index (χ2n) is 5.27. The highest BCUT2D eigenvalue weighted by Crippen LogP contribution is 2.20. The smallest absolute Gasteiger partial charge is 0.270 e. The third kappa shape index (κ3) is 4.24. The normalized spacial score (nSPS) is 11.9. The molecule has 0 saturated heterocycles. The lowest BCUT2D eigenvalue weighted by atomic mass is 10.2. The number of halogens is 1. The standard InChI is InChI=1S/C13H21ClN2O3S/c1-5-6-16-9-11(20(14,18)19)7-12(16)13(17)15(4)8-10(2)3/h7,9-10H,5-6,8H2,1-4H3. The minimum atomic E-state index is -3.82. The summed E-state index contributed by atoms with van der Waals surface area (Å²) in [6.07, 6.45) is 2.22. The van der Waals surface area contributed by atoms with Crippen molar-refractivity contribution in [3.8, 4) is 0 Å². The van der Waals surface area contributed by atoms with Crippen molar-refractivity contribution in [3.63, 3.8) is 0 Å². The topological polar surface area (TPSA) is 59.4 Å². The SMILES string of the molecule is CCCn1cc(S(=O)(=O)Cl)cc1C(=O)N(C)CC(C)C. The fourth-order valence-electron chi connectivity index (χ4n) is 2.05. The van der Waals surface area contributed by atoms with Gasteiger partial charge in [-0.25, -0.2) is 8.42 Å². The van der Waals surface area contributed by atoms with Gasteiger partial charge < -0.3 is 9.47 Å². The molecule has 0 aliphatic heterocycles. The number of aryl methyl sites for hydroxylation is 1. The molecule has 1 aromatic heterocycles. The summed E-state index contributed by atoms with van der Waals surface area (Å²) in [5.74, 6) is 0.147. The van der Waals surface area contributed by atoms with Gasteiger partial charge in [-0.2, -0.15) is 0 Å². The summed E-state index contributed by atoms with van der Waals surface area (Å²) in [4.78, 5) is 13.9. The van der Waals surface area contributed by atoms with E-state index in [0.29, 0.717) is 24.7 Å². The molecule has 20 heavy (non-hydrogen) atoms. The molecule has 0 aliphatic rings. The Balaban J connectivity index is 3.15. The number of carbonyl (C=O) groups is 1. The van der Waals surface area contributed by atoms with Gasteiger partial charge in [-0.1, -0.05) is 20.8 Å². The molecule has 0 atom stereocenters. The first kappa shape index (κ1) is 17.0. The molecule has 114 valence electrons. The molecular weight excluding hydrogens is 300 g/mol. The molecule has 1 heterocycles. The minimum Gasteiger partial charge on any atom is -0.342 e. The summed E-state index contributed by atoms with van der Waals surface area (Å²) in [6, 6.07) is 1.34. The lowest BCUT2D eigenvalue weighted by Gasteiger charge is -2.20. The van der Waals surface area contributed by atoms with Crippen molar-refractivity contribution in [2.75, 3.05) is 13.6 Å². The third-order valence-corrected chi connectivity index (χ3v) is 4.14. The molecule has 0 unspecified atom stereocenters. The highest BCUT2D eigenvalue weighted by atomic mass is 35.7. The van der Waals surface area contributed by atoms with Crippen LogP contribution >= 0.6 is 10.7 Å². The zero-order valence-corrected chi connectivity index (χ0v) is 13.8. The van der Waals surface area contributed by atoms with Crippen LogP contribution < -0.4 is 0 Å². The molecule has 0 fully saturated rings. The summed E-state index contributed by atoms with van der Waals surface area (Å²) in [5, 5.41) is 0. The monoisotopic (exact) mass is 320 g/mol. The second kappa shape index (κ2) is 6.63. The zero-order valence-electron chi connectivity index (χ0n) is 12.3. The Morgan fingerprint density at radius 2 is 2.05 bits per heavy atom. The number of rotatable bonds is 6. The first-order valence-corrected chi connectivity index (χ1v) is 8.88. The van der Waals surface area contributed by atoms with Gasteiger partial charge in [-0.3, -0.25) is 4.79 Å². The van der Waals surface area contributed by atoms with Gasteiger partial charge in [0, 0.05) is 37.0 Å². The van der Waals surface area contributed by atoms with E-state index in [2.05, 4.69) is 0 Å². The molecular formula is C13H21ClN2O3S. The molecule has 0 spiro atoms. The van der Waals surface area contributed by atoms with Crippen molar-refractivity contribution < 1.29 is 13.2 Å². The van der Waals surface area contributed by atoms with Crippen LogP contribution in [0.5, 0.6) is 0 Å². The van der Waals surface area contributed by atoms with Crippen LogP contribution in [0.2, 0.25) is 0 Å². The van der Waals surface area contributed by atoms with Gasteiger partial charge in [-0.15, -0.1) is 0 Å².